The number of rotatable bonds is 13. The molecule has 30 heavy (non-hydrogen) atoms. The van der Waals surface area contributed by atoms with Gasteiger partial charge in [0.1, 0.15) is 5.75 Å². The van der Waals surface area contributed by atoms with Gasteiger partial charge in [0, 0.05) is 30.9 Å². The van der Waals surface area contributed by atoms with Crippen LogP contribution < -0.4 is 15.0 Å². The first-order valence-electron chi connectivity index (χ1n) is 10.6. The zero-order valence-corrected chi connectivity index (χ0v) is 18.0. The number of carbonyl (C=O) groups excluding carboxylic acids is 1. The SMILES string of the molecule is CC(O)CN(CC(C)O)c1ccc(OCCCCCNC(=O)c2ccccc2)cc1. The molecule has 2 rings (SSSR count). The Kier molecular flexibility index (Phi) is 10.2. The van der Waals surface area contributed by atoms with Crippen molar-refractivity contribution >= 4 is 11.6 Å². The monoisotopic (exact) mass is 414 g/mol. The minimum Gasteiger partial charge on any atom is -0.494 e. The lowest BCUT2D eigenvalue weighted by atomic mass is 10.2. The molecule has 0 saturated heterocycles. The van der Waals surface area contributed by atoms with Gasteiger partial charge in [0.05, 0.1) is 18.8 Å². The van der Waals surface area contributed by atoms with Gasteiger partial charge in [-0.25, -0.2) is 0 Å². The number of amides is 1. The molecule has 2 unspecified atom stereocenters. The number of hydrogen-bond donors (Lipinski definition) is 3. The van der Waals surface area contributed by atoms with Crippen LogP contribution >= 0.6 is 0 Å². The molecule has 164 valence electrons. The molecule has 6 nitrogen and oxygen atoms in total. The Bertz CT molecular complexity index is 723. The third-order valence-electron chi connectivity index (χ3n) is 4.58. The van der Waals surface area contributed by atoms with E-state index >= 15 is 0 Å². The summed E-state index contributed by atoms with van der Waals surface area (Å²) in [4.78, 5) is 13.9. The van der Waals surface area contributed by atoms with E-state index in [0.717, 1.165) is 30.7 Å². The number of unbranched alkanes of at least 4 members (excludes halogenated alkanes) is 2. The fourth-order valence-corrected chi connectivity index (χ4v) is 3.16. The number of anilines is 1. The third kappa shape index (κ3) is 8.84. The molecule has 0 saturated carbocycles. The highest BCUT2D eigenvalue weighted by Crippen LogP contribution is 2.20. The van der Waals surface area contributed by atoms with Crippen LogP contribution in [0, 0.1) is 0 Å². The second-order valence-corrected chi connectivity index (χ2v) is 7.63. The molecule has 1 amide bonds. The van der Waals surface area contributed by atoms with Crippen molar-refractivity contribution in [2.24, 2.45) is 0 Å². The van der Waals surface area contributed by atoms with Crippen LogP contribution in [0.3, 0.4) is 0 Å². The summed E-state index contributed by atoms with van der Waals surface area (Å²) >= 11 is 0. The molecular weight excluding hydrogens is 380 g/mol. The molecule has 0 aliphatic rings. The lowest BCUT2D eigenvalue weighted by Gasteiger charge is -2.27. The minimum atomic E-state index is -0.475. The maximum Gasteiger partial charge on any atom is 0.251 e. The van der Waals surface area contributed by atoms with Gasteiger partial charge in [0.25, 0.3) is 5.91 Å². The van der Waals surface area contributed by atoms with Crippen LogP contribution in [0.25, 0.3) is 0 Å². The number of benzene rings is 2. The highest BCUT2D eigenvalue weighted by Gasteiger charge is 2.12. The third-order valence-corrected chi connectivity index (χ3v) is 4.58. The zero-order valence-electron chi connectivity index (χ0n) is 18.0. The van der Waals surface area contributed by atoms with E-state index in [0.29, 0.717) is 31.8 Å². The lowest BCUT2D eigenvalue weighted by Crippen LogP contribution is -2.36. The largest absolute Gasteiger partial charge is 0.494 e. The molecule has 2 aromatic carbocycles. The Morgan fingerprint density at radius 2 is 1.57 bits per heavy atom. The number of aliphatic hydroxyl groups is 2. The summed E-state index contributed by atoms with van der Waals surface area (Å²) in [5, 5.41) is 22.3. The molecule has 2 aromatic rings. The van der Waals surface area contributed by atoms with E-state index in [1.807, 2.05) is 59.5 Å². The van der Waals surface area contributed by atoms with E-state index in [-0.39, 0.29) is 5.91 Å². The highest BCUT2D eigenvalue weighted by atomic mass is 16.5. The first kappa shape index (κ1) is 23.7. The van der Waals surface area contributed by atoms with E-state index in [1.165, 1.54) is 0 Å². The Morgan fingerprint density at radius 3 is 2.17 bits per heavy atom. The number of hydrogen-bond acceptors (Lipinski definition) is 5. The van der Waals surface area contributed by atoms with Gasteiger partial charge in [-0.05, 0) is 69.5 Å². The standard InChI is InChI=1S/C24H34N2O4/c1-19(27)17-26(18-20(2)28)22-11-13-23(14-12-22)30-16-8-4-7-15-25-24(29)21-9-5-3-6-10-21/h3,5-6,9-14,19-20,27-28H,4,7-8,15-18H2,1-2H3,(H,25,29). The quantitative estimate of drug-likeness (QED) is 0.439. The molecule has 3 N–H and O–H groups in total. The van der Waals surface area contributed by atoms with Gasteiger partial charge in [-0.3, -0.25) is 4.79 Å². The summed E-state index contributed by atoms with van der Waals surface area (Å²) in [6.45, 7) is 5.68. The van der Waals surface area contributed by atoms with Gasteiger partial charge in [0.15, 0.2) is 0 Å². The molecular formula is C24H34N2O4. The van der Waals surface area contributed by atoms with E-state index < -0.39 is 12.2 Å². The van der Waals surface area contributed by atoms with Crippen LogP contribution in [0.2, 0.25) is 0 Å². The second kappa shape index (κ2) is 12.9. The zero-order chi connectivity index (χ0) is 21.8. The van der Waals surface area contributed by atoms with E-state index in [9.17, 15) is 15.0 Å². The Balaban J connectivity index is 1.64. The van der Waals surface area contributed by atoms with Crippen molar-refractivity contribution in [2.45, 2.75) is 45.3 Å². The van der Waals surface area contributed by atoms with E-state index in [1.54, 1.807) is 13.8 Å². The highest BCUT2D eigenvalue weighted by molar-refractivity contribution is 5.94. The number of aliphatic hydroxyl groups excluding tert-OH is 2. The maximum absolute atomic E-state index is 11.9. The van der Waals surface area contributed by atoms with Crippen molar-refractivity contribution in [3.05, 3.63) is 60.2 Å². The molecule has 6 heteroatoms. The summed E-state index contributed by atoms with van der Waals surface area (Å²) in [6.07, 6.45) is 1.85. The van der Waals surface area contributed by atoms with Crippen molar-refractivity contribution < 1.29 is 19.7 Å². The minimum absolute atomic E-state index is 0.0350. The average Bonchev–Trinajstić information content (AvgIpc) is 2.73. The summed E-state index contributed by atoms with van der Waals surface area (Å²) < 4.78 is 5.80. The number of nitrogens with one attached hydrogen (secondary N) is 1. The smallest absolute Gasteiger partial charge is 0.251 e. The van der Waals surface area contributed by atoms with E-state index in [2.05, 4.69) is 5.32 Å². The molecule has 0 heterocycles. The van der Waals surface area contributed by atoms with Gasteiger partial charge in [-0.2, -0.15) is 0 Å². The van der Waals surface area contributed by atoms with Crippen LogP contribution in [0.1, 0.15) is 43.5 Å². The first-order valence-corrected chi connectivity index (χ1v) is 10.6. The number of carbonyl (C=O) groups is 1. The van der Waals surface area contributed by atoms with Gasteiger partial charge in [-0.15, -0.1) is 0 Å². The van der Waals surface area contributed by atoms with Crippen LogP contribution in [0.15, 0.2) is 54.6 Å². The van der Waals surface area contributed by atoms with Crippen molar-refractivity contribution in [2.75, 3.05) is 31.1 Å². The molecule has 0 aliphatic carbocycles. The Hall–Kier alpha value is -2.57. The van der Waals surface area contributed by atoms with Crippen LogP contribution in [0.5, 0.6) is 5.75 Å². The lowest BCUT2D eigenvalue weighted by molar-refractivity contribution is 0.0952. The van der Waals surface area contributed by atoms with Crippen molar-refractivity contribution in [1.82, 2.24) is 5.32 Å². The van der Waals surface area contributed by atoms with Gasteiger partial charge in [0.2, 0.25) is 0 Å². The molecule has 0 radical (unpaired) electrons. The van der Waals surface area contributed by atoms with Crippen molar-refractivity contribution in [3.63, 3.8) is 0 Å². The first-order chi connectivity index (χ1) is 14.5. The fourth-order valence-electron chi connectivity index (χ4n) is 3.16. The topological polar surface area (TPSA) is 82.0 Å². The maximum atomic E-state index is 11.9. The Morgan fingerprint density at radius 1 is 0.933 bits per heavy atom. The molecule has 0 spiro atoms. The summed E-state index contributed by atoms with van der Waals surface area (Å²) in [6, 6.07) is 16.9. The van der Waals surface area contributed by atoms with E-state index in [4.69, 9.17) is 4.74 Å². The molecule has 2 atom stereocenters. The van der Waals surface area contributed by atoms with Gasteiger partial charge < -0.3 is 25.2 Å². The fraction of sp³-hybridized carbons (Fsp3) is 0.458. The van der Waals surface area contributed by atoms with Gasteiger partial charge >= 0.3 is 0 Å². The predicted octanol–water partition coefficient (Wildman–Crippen LogP) is 3.23. The molecule has 0 aliphatic heterocycles. The normalized spacial score (nSPS) is 12.8. The summed E-state index contributed by atoms with van der Waals surface area (Å²) in [7, 11) is 0. The number of nitrogens with zero attached hydrogens (tertiary/aromatic N) is 1. The van der Waals surface area contributed by atoms with Gasteiger partial charge in [-0.1, -0.05) is 18.2 Å². The van der Waals surface area contributed by atoms with Crippen LogP contribution in [-0.2, 0) is 0 Å². The van der Waals surface area contributed by atoms with Crippen LogP contribution in [-0.4, -0.2) is 54.6 Å². The van der Waals surface area contributed by atoms with Crippen LogP contribution in [0.4, 0.5) is 5.69 Å². The molecule has 0 fully saturated rings. The van der Waals surface area contributed by atoms with Crippen molar-refractivity contribution in [3.8, 4) is 5.75 Å². The number of ether oxygens (including phenoxy) is 1. The average molecular weight is 415 g/mol. The predicted molar refractivity (Wildman–Crippen MR) is 120 cm³/mol. The second-order valence-electron chi connectivity index (χ2n) is 7.63. The van der Waals surface area contributed by atoms with Crippen molar-refractivity contribution in [1.29, 1.82) is 0 Å². The molecule has 0 bridgehead atoms. The Labute approximate surface area is 179 Å². The molecule has 0 aromatic heterocycles. The summed E-state index contributed by atoms with van der Waals surface area (Å²) in [5.74, 6) is 0.761. The summed E-state index contributed by atoms with van der Waals surface area (Å²) in [5.41, 5.74) is 1.63.